The number of aryl methyl sites for hydroxylation is 1. The maximum Gasteiger partial charge on any atom is 0.490 e. The molecule has 19 nitrogen and oxygen atoms in total. The van der Waals surface area contributed by atoms with E-state index in [0.29, 0.717) is 55.4 Å². The van der Waals surface area contributed by atoms with Crippen LogP contribution in [0.4, 0.5) is 28.4 Å². The largest absolute Gasteiger partial charge is 0.490 e. The highest BCUT2D eigenvalue weighted by atomic mass is 19.4. The molecule has 1 aliphatic heterocycles. The average Bonchev–Trinajstić information content (AvgIpc) is 3.64. The number of tetrazole rings is 1. The van der Waals surface area contributed by atoms with Gasteiger partial charge >= 0.3 is 24.3 Å². The number of carbonyl (C=O) groups excluding carboxylic acids is 5. The van der Waals surface area contributed by atoms with Gasteiger partial charge in [-0.25, -0.2) is 19.4 Å². The number of aliphatic carboxylic acids is 1. The van der Waals surface area contributed by atoms with Crippen LogP contribution in [-0.2, 0) is 30.3 Å². The molecule has 0 radical (unpaired) electrons. The second-order valence-corrected chi connectivity index (χ2v) is 19.7. The summed E-state index contributed by atoms with van der Waals surface area (Å²) in [4.78, 5) is 80.8. The molecular formula is C48H59F3N10O9. The summed E-state index contributed by atoms with van der Waals surface area (Å²) in [5, 5.41) is 33.1. The summed E-state index contributed by atoms with van der Waals surface area (Å²) in [6.45, 7) is 14.4. The Morgan fingerprint density at radius 2 is 1.43 bits per heavy atom. The summed E-state index contributed by atoms with van der Waals surface area (Å²) in [6.07, 6.45) is -2.83. The average molecular weight is 977 g/mol. The number of carboxylic acid groups (broad SMARTS) is 1. The lowest BCUT2D eigenvalue weighted by Gasteiger charge is -2.29. The Morgan fingerprint density at radius 1 is 0.829 bits per heavy atom. The SMILES string of the molecule is Cc1nc(C(=O)NC2C3CN(C(=O)OC(C)(C)C)CC32)ccc1-c1ccc(C[C@H](NC(=O)[C@H]2CC[C@H](CNC(=O)OC(C)(C)C)CC2)C(=O)Nc2ccc(-c3nn[nH]n3)cc2)cc1.O=C(O)C(F)(F)F. The van der Waals surface area contributed by atoms with Crippen molar-refractivity contribution in [1.29, 1.82) is 0 Å². The van der Waals surface area contributed by atoms with E-state index in [1.54, 1.807) is 35.2 Å². The number of hydrogen-bond acceptors (Lipinski definition) is 12. The first-order chi connectivity index (χ1) is 32.8. The maximum atomic E-state index is 13.9. The predicted octanol–water partition coefficient (Wildman–Crippen LogP) is 6.46. The summed E-state index contributed by atoms with van der Waals surface area (Å²) >= 11 is 0. The van der Waals surface area contributed by atoms with Gasteiger partial charge in [0.15, 0.2) is 0 Å². The quantitative estimate of drug-likeness (QED) is 0.0892. The number of likely N-dealkylation sites (tertiary alicyclic amines) is 1. The standard InChI is InChI=1S/C46H58N10O7.C2HF3O2/c1-26-33(20-21-36(48-26)41(58)51-38-34-24-56(25-35(34)38)44(61)63-46(5,6)7)29-12-8-27(9-13-29)22-37(42(59)49-32-18-16-30(17-19-32)39-52-54-55-53-39)50-40(57)31-14-10-28(11-15-31)23-47-43(60)62-45(2,3)4;3-2(4,5)1(6)7/h8-9,12-13,16-21,28,31,34-35,37-38H,10-11,14-15,22-25H2,1-7H3,(H,47,60)(H,49,59)(H,50,57)(H,51,58)(H,52,53,54,55);(H,6,7)/t28-,31-,34?,35?,37-,38?;/m0./s1. The number of ether oxygens (including phenoxy) is 2. The van der Waals surface area contributed by atoms with Crippen molar-refractivity contribution in [3.63, 3.8) is 0 Å². The van der Waals surface area contributed by atoms with Crippen molar-refractivity contribution < 1.29 is 56.5 Å². The smallest absolute Gasteiger partial charge is 0.475 e. The molecule has 0 spiro atoms. The predicted molar refractivity (Wildman–Crippen MR) is 248 cm³/mol. The van der Waals surface area contributed by atoms with E-state index < -0.39 is 35.5 Å². The molecule has 22 heteroatoms. The van der Waals surface area contributed by atoms with Crippen molar-refractivity contribution >= 4 is 41.6 Å². The molecule has 4 aromatic rings. The highest BCUT2D eigenvalue weighted by Crippen LogP contribution is 2.46. The van der Waals surface area contributed by atoms with Gasteiger partial charge in [-0.3, -0.25) is 14.4 Å². The highest BCUT2D eigenvalue weighted by Gasteiger charge is 2.58. The van der Waals surface area contributed by atoms with Gasteiger partial charge in [0, 0.05) is 72.4 Å². The summed E-state index contributed by atoms with van der Waals surface area (Å²) in [6, 6.07) is 17.5. The zero-order valence-electron chi connectivity index (χ0n) is 40.0. The van der Waals surface area contributed by atoms with Crippen molar-refractivity contribution in [3.8, 4) is 22.5 Å². The van der Waals surface area contributed by atoms with Crippen LogP contribution in [0.3, 0.4) is 0 Å². The Hall–Kier alpha value is -7.13. The van der Waals surface area contributed by atoms with E-state index in [1.165, 1.54) is 0 Å². The summed E-state index contributed by atoms with van der Waals surface area (Å²) in [5.74, 6) is -2.76. The number of fused-ring (bicyclic) bond motifs is 1. The summed E-state index contributed by atoms with van der Waals surface area (Å²) < 4.78 is 42.6. The molecule has 5 amide bonds. The number of alkyl halides is 3. The number of amides is 5. The number of nitrogens with zero attached hydrogens (tertiary/aromatic N) is 5. The Kier molecular flexibility index (Phi) is 16.2. The van der Waals surface area contributed by atoms with Crippen LogP contribution in [0.15, 0.2) is 60.7 Å². The third kappa shape index (κ3) is 14.7. The van der Waals surface area contributed by atoms with Crippen LogP contribution in [0, 0.1) is 30.6 Å². The van der Waals surface area contributed by atoms with Gasteiger partial charge in [0.25, 0.3) is 5.91 Å². The van der Waals surface area contributed by atoms with E-state index in [4.69, 9.17) is 19.4 Å². The molecule has 70 heavy (non-hydrogen) atoms. The second-order valence-electron chi connectivity index (χ2n) is 19.7. The lowest BCUT2D eigenvalue weighted by atomic mass is 9.81. The number of benzene rings is 2. The van der Waals surface area contributed by atoms with Gasteiger partial charge < -0.3 is 40.7 Å². The molecule has 0 bridgehead atoms. The number of pyridine rings is 1. The van der Waals surface area contributed by atoms with Crippen molar-refractivity contribution in [3.05, 3.63) is 77.6 Å². The normalized spacial score (nSPS) is 20.1. The van der Waals surface area contributed by atoms with E-state index in [1.807, 2.05) is 78.8 Å². The highest BCUT2D eigenvalue weighted by molar-refractivity contribution is 5.98. The molecule has 2 saturated carbocycles. The van der Waals surface area contributed by atoms with Gasteiger partial charge in [-0.1, -0.05) is 30.3 Å². The zero-order chi connectivity index (χ0) is 51.1. The fourth-order valence-corrected chi connectivity index (χ4v) is 8.38. The molecule has 7 rings (SSSR count). The van der Waals surface area contributed by atoms with E-state index in [9.17, 15) is 37.1 Å². The first-order valence-electron chi connectivity index (χ1n) is 22.9. The van der Waals surface area contributed by atoms with E-state index >= 15 is 0 Å². The Morgan fingerprint density at radius 3 is 1.97 bits per heavy atom. The minimum atomic E-state index is -5.08. The zero-order valence-corrected chi connectivity index (χ0v) is 40.0. The van der Waals surface area contributed by atoms with Gasteiger partial charge in [-0.15, -0.1) is 10.2 Å². The molecule has 2 unspecified atom stereocenters. The minimum Gasteiger partial charge on any atom is -0.475 e. The third-order valence-electron chi connectivity index (χ3n) is 11.9. The molecular weight excluding hydrogens is 918 g/mol. The number of H-pyrrole nitrogens is 1. The number of halogens is 3. The summed E-state index contributed by atoms with van der Waals surface area (Å²) in [5.41, 5.74) is 3.72. The Balaban J connectivity index is 0.00000107. The van der Waals surface area contributed by atoms with Crippen LogP contribution < -0.4 is 21.3 Å². The van der Waals surface area contributed by atoms with Crippen molar-refractivity contribution in [2.24, 2.45) is 23.7 Å². The molecule has 6 N–H and O–H groups in total. The lowest BCUT2D eigenvalue weighted by molar-refractivity contribution is -0.192. The number of alkyl carbamates (subject to hydrolysis) is 1. The number of anilines is 1. The molecule has 3 atom stereocenters. The monoisotopic (exact) mass is 976 g/mol. The Labute approximate surface area is 402 Å². The number of piperidine rings is 1. The molecule has 3 fully saturated rings. The van der Waals surface area contributed by atoms with Crippen LogP contribution in [0.2, 0.25) is 0 Å². The topological polar surface area (TPSA) is 260 Å². The maximum absolute atomic E-state index is 13.9. The van der Waals surface area contributed by atoms with Crippen LogP contribution >= 0.6 is 0 Å². The van der Waals surface area contributed by atoms with E-state index in [2.05, 4.69) is 46.9 Å². The molecule has 2 aromatic carbocycles. The van der Waals surface area contributed by atoms with Crippen molar-refractivity contribution in [2.45, 2.75) is 110 Å². The van der Waals surface area contributed by atoms with Gasteiger partial charge in [0.05, 0.1) is 0 Å². The van der Waals surface area contributed by atoms with Crippen molar-refractivity contribution in [2.75, 3.05) is 25.0 Å². The van der Waals surface area contributed by atoms with Crippen LogP contribution in [-0.4, -0.2) is 121 Å². The fraction of sp³-hybridized carbons (Fsp3) is 0.500. The van der Waals surface area contributed by atoms with Crippen molar-refractivity contribution in [1.82, 2.24) is 46.5 Å². The van der Waals surface area contributed by atoms with E-state index in [-0.39, 0.29) is 59.9 Å². The number of aromatic nitrogens is 5. The van der Waals surface area contributed by atoms with Crippen LogP contribution in [0.1, 0.15) is 89.0 Å². The first-order valence-corrected chi connectivity index (χ1v) is 22.9. The number of carbonyl (C=O) groups is 6. The van der Waals surface area contributed by atoms with Gasteiger partial charge in [-0.2, -0.15) is 18.4 Å². The molecule has 376 valence electrons. The number of aromatic amines is 1. The molecule has 2 aliphatic carbocycles. The number of carboxylic acids is 1. The third-order valence-corrected chi connectivity index (χ3v) is 11.9. The second kappa shape index (κ2) is 21.7. The van der Waals surface area contributed by atoms with Gasteiger partial charge in [0.2, 0.25) is 17.6 Å². The Bertz CT molecular complexity index is 2490. The fourth-order valence-electron chi connectivity index (χ4n) is 8.38. The first kappa shape index (κ1) is 52.2. The minimum absolute atomic E-state index is 0.000620. The summed E-state index contributed by atoms with van der Waals surface area (Å²) in [7, 11) is 0. The molecule has 1 saturated heterocycles. The lowest BCUT2D eigenvalue weighted by Crippen LogP contribution is -2.48. The van der Waals surface area contributed by atoms with E-state index in [0.717, 1.165) is 35.1 Å². The molecule has 3 aliphatic rings. The number of hydrogen-bond donors (Lipinski definition) is 6. The van der Waals surface area contributed by atoms with Gasteiger partial charge in [-0.05, 0) is 127 Å². The molecule has 2 aromatic heterocycles. The van der Waals surface area contributed by atoms with Crippen LogP contribution in [0.5, 0.6) is 0 Å². The molecule has 3 heterocycles. The van der Waals surface area contributed by atoms with Gasteiger partial charge in [0.1, 0.15) is 22.9 Å². The number of rotatable bonds is 12. The number of nitrogens with one attached hydrogen (secondary N) is 5. The van der Waals surface area contributed by atoms with Crippen LogP contribution in [0.25, 0.3) is 22.5 Å².